The van der Waals surface area contributed by atoms with E-state index in [-0.39, 0.29) is 0 Å². The van der Waals surface area contributed by atoms with Crippen molar-refractivity contribution in [1.82, 2.24) is 0 Å². The topological polar surface area (TPSA) is 76.0 Å². The third-order valence-corrected chi connectivity index (χ3v) is 3.96. The van der Waals surface area contributed by atoms with Crippen molar-refractivity contribution in [1.29, 1.82) is 0 Å². The lowest BCUT2D eigenvalue weighted by Crippen LogP contribution is -2.04. The second-order valence-electron chi connectivity index (χ2n) is 5.95. The first-order valence-corrected chi connectivity index (χ1v) is 8.68. The summed E-state index contributed by atoms with van der Waals surface area (Å²) in [4.78, 5) is 15.2. The molecule has 1 unspecified atom stereocenters. The van der Waals surface area contributed by atoms with Crippen LogP contribution in [0.25, 0.3) is 6.08 Å². The molecule has 2 rings (SSSR count). The van der Waals surface area contributed by atoms with Gasteiger partial charge in [-0.3, -0.25) is 5.26 Å². The standard InChI is InChI=1S/C21H24O5/c1-2-3-4-15-25-19-12-10-18(11-13-19)21(26-24)17-8-5-16(6-9-17)7-14-20(22)23/h5-14,21,24H,2-4,15H2,1H3,(H,22,23). The minimum Gasteiger partial charge on any atom is -0.494 e. The molecular formula is C21H24O5. The van der Waals surface area contributed by atoms with Gasteiger partial charge in [-0.05, 0) is 41.3 Å². The zero-order valence-corrected chi connectivity index (χ0v) is 14.8. The molecule has 0 bridgehead atoms. The maximum atomic E-state index is 10.6. The molecule has 0 fully saturated rings. The maximum absolute atomic E-state index is 10.6. The van der Waals surface area contributed by atoms with Crippen LogP contribution in [0, 0.1) is 0 Å². The van der Waals surface area contributed by atoms with E-state index in [2.05, 4.69) is 11.8 Å². The van der Waals surface area contributed by atoms with Gasteiger partial charge in [0.2, 0.25) is 0 Å². The highest BCUT2D eigenvalue weighted by molar-refractivity contribution is 5.85. The minimum atomic E-state index is -0.998. The summed E-state index contributed by atoms with van der Waals surface area (Å²) in [5.41, 5.74) is 2.31. The smallest absolute Gasteiger partial charge is 0.328 e. The molecule has 2 N–H and O–H groups in total. The number of carbonyl (C=O) groups is 1. The Balaban J connectivity index is 2.04. The molecule has 2 aromatic rings. The van der Waals surface area contributed by atoms with Gasteiger partial charge < -0.3 is 9.84 Å². The highest BCUT2D eigenvalue weighted by Gasteiger charge is 2.15. The van der Waals surface area contributed by atoms with E-state index in [1.165, 1.54) is 6.08 Å². The van der Waals surface area contributed by atoms with Crippen LogP contribution < -0.4 is 4.74 Å². The first kappa shape index (κ1) is 19.7. The molecule has 5 heteroatoms. The van der Waals surface area contributed by atoms with E-state index in [1.54, 1.807) is 24.3 Å². The predicted octanol–water partition coefficient (Wildman–Crippen LogP) is 4.93. The van der Waals surface area contributed by atoms with Gasteiger partial charge in [-0.2, -0.15) is 0 Å². The number of aliphatic carboxylic acids is 1. The van der Waals surface area contributed by atoms with Crippen LogP contribution in [-0.2, 0) is 9.68 Å². The second-order valence-corrected chi connectivity index (χ2v) is 5.95. The average Bonchev–Trinajstić information content (AvgIpc) is 2.66. The first-order valence-electron chi connectivity index (χ1n) is 8.68. The minimum absolute atomic E-state index is 0.623. The van der Waals surface area contributed by atoms with Gasteiger partial charge in [0.1, 0.15) is 11.9 Å². The molecule has 0 aliphatic carbocycles. The molecule has 0 amide bonds. The van der Waals surface area contributed by atoms with Crippen LogP contribution in [-0.4, -0.2) is 22.9 Å². The van der Waals surface area contributed by atoms with E-state index in [1.807, 2.05) is 24.3 Å². The molecular weight excluding hydrogens is 332 g/mol. The Morgan fingerprint density at radius 2 is 1.65 bits per heavy atom. The summed E-state index contributed by atoms with van der Waals surface area (Å²) in [6, 6.07) is 14.5. The van der Waals surface area contributed by atoms with Crippen molar-refractivity contribution in [2.24, 2.45) is 0 Å². The van der Waals surface area contributed by atoms with E-state index >= 15 is 0 Å². The predicted molar refractivity (Wildman–Crippen MR) is 100 cm³/mol. The van der Waals surface area contributed by atoms with Gasteiger partial charge in [0.15, 0.2) is 0 Å². The first-order chi connectivity index (χ1) is 12.6. The molecule has 0 saturated carbocycles. The molecule has 0 saturated heterocycles. The van der Waals surface area contributed by atoms with Gasteiger partial charge in [-0.15, -0.1) is 0 Å². The van der Waals surface area contributed by atoms with Crippen molar-refractivity contribution in [2.45, 2.75) is 32.3 Å². The van der Waals surface area contributed by atoms with Gasteiger partial charge in [-0.1, -0.05) is 56.2 Å². The van der Waals surface area contributed by atoms with E-state index in [0.29, 0.717) is 6.61 Å². The Kier molecular flexibility index (Phi) is 7.86. The fourth-order valence-corrected chi connectivity index (χ4v) is 2.54. The van der Waals surface area contributed by atoms with Crippen molar-refractivity contribution < 1.29 is 24.8 Å². The third kappa shape index (κ3) is 6.02. The lowest BCUT2D eigenvalue weighted by atomic mass is 10.00. The lowest BCUT2D eigenvalue weighted by Gasteiger charge is -2.15. The fourth-order valence-electron chi connectivity index (χ4n) is 2.54. The van der Waals surface area contributed by atoms with E-state index in [0.717, 1.165) is 47.8 Å². The van der Waals surface area contributed by atoms with Crippen LogP contribution in [0.3, 0.4) is 0 Å². The molecule has 26 heavy (non-hydrogen) atoms. The van der Waals surface area contributed by atoms with Crippen molar-refractivity contribution in [2.75, 3.05) is 6.61 Å². The SMILES string of the molecule is CCCCCOc1ccc(C(OO)c2ccc(C=CC(=O)O)cc2)cc1. The summed E-state index contributed by atoms with van der Waals surface area (Å²) < 4.78 is 5.69. The average molecular weight is 356 g/mol. The number of unbranched alkanes of at least 4 members (excludes halogenated alkanes) is 2. The van der Waals surface area contributed by atoms with Crippen LogP contribution in [0.2, 0.25) is 0 Å². The fraction of sp³-hybridized carbons (Fsp3) is 0.286. The molecule has 0 radical (unpaired) electrons. The molecule has 0 spiro atoms. The summed E-state index contributed by atoms with van der Waals surface area (Å²) in [5.74, 6) is -0.210. The molecule has 0 aliphatic rings. The summed E-state index contributed by atoms with van der Waals surface area (Å²) in [6.45, 7) is 2.84. The monoisotopic (exact) mass is 356 g/mol. The van der Waals surface area contributed by atoms with Gasteiger partial charge in [0.05, 0.1) is 6.61 Å². The zero-order valence-electron chi connectivity index (χ0n) is 14.8. The zero-order chi connectivity index (χ0) is 18.8. The number of ether oxygens (including phenoxy) is 1. The Morgan fingerprint density at radius 1 is 1.04 bits per heavy atom. The lowest BCUT2D eigenvalue weighted by molar-refractivity contribution is -0.270. The van der Waals surface area contributed by atoms with Gasteiger partial charge in [0, 0.05) is 6.08 Å². The molecule has 0 aromatic heterocycles. The molecule has 0 aliphatic heterocycles. The molecule has 0 heterocycles. The summed E-state index contributed by atoms with van der Waals surface area (Å²) in [7, 11) is 0. The Labute approximate surface area is 153 Å². The van der Waals surface area contributed by atoms with Crippen molar-refractivity contribution in [3.05, 3.63) is 71.3 Å². The van der Waals surface area contributed by atoms with Crippen LogP contribution in [0.4, 0.5) is 0 Å². The van der Waals surface area contributed by atoms with Crippen molar-refractivity contribution in [3.8, 4) is 5.75 Å². The maximum Gasteiger partial charge on any atom is 0.328 e. The molecule has 5 nitrogen and oxygen atoms in total. The van der Waals surface area contributed by atoms with Crippen LogP contribution >= 0.6 is 0 Å². The number of carboxylic acid groups (broad SMARTS) is 1. The van der Waals surface area contributed by atoms with Crippen LogP contribution in [0.5, 0.6) is 5.75 Å². The molecule has 2 aromatic carbocycles. The Hall–Kier alpha value is -2.63. The third-order valence-electron chi connectivity index (χ3n) is 3.96. The molecule has 138 valence electrons. The highest BCUT2D eigenvalue weighted by atomic mass is 17.1. The number of rotatable bonds is 10. The summed E-state index contributed by atoms with van der Waals surface area (Å²) >= 11 is 0. The quantitative estimate of drug-likeness (QED) is 0.273. The largest absolute Gasteiger partial charge is 0.494 e. The van der Waals surface area contributed by atoms with E-state index in [4.69, 9.17) is 9.84 Å². The summed E-state index contributed by atoms with van der Waals surface area (Å²) in [5, 5.41) is 18.0. The van der Waals surface area contributed by atoms with Crippen LogP contribution in [0.1, 0.15) is 49.0 Å². The van der Waals surface area contributed by atoms with Crippen molar-refractivity contribution in [3.63, 3.8) is 0 Å². The van der Waals surface area contributed by atoms with Gasteiger partial charge in [0.25, 0.3) is 0 Å². The highest BCUT2D eigenvalue weighted by Crippen LogP contribution is 2.27. The van der Waals surface area contributed by atoms with E-state index < -0.39 is 12.1 Å². The number of benzene rings is 2. The van der Waals surface area contributed by atoms with Crippen LogP contribution in [0.15, 0.2) is 54.6 Å². The number of hydrogen-bond donors (Lipinski definition) is 2. The Bertz CT molecular complexity index is 704. The van der Waals surface area contributed by atoms with Gasteiger partial charge >= 0.3 is 5.97 Å². The Morgan fingerprint density at radius 3 is 2.19 bits per heavy atom. The molecule has 1 atom stereocenters. The number of carboxylic acids is 1. The number of hydrogen-bond acceptors (Lipinski definition) is 4. The second kappa shape index (κ2) is 10.4. The van der Waals surface area contributed by atoms with Gasteiger partial charge in [-0.25, -0.2) is 9.68 Å². The normalized spacial score (nSPS) is 12.2. The van der Waals surface area contributed by atoms with E-state index in [9.17, 15) is 10.1 Å². The van der Waals surface area contributed by atoms with Crippen molar-refractivity contribution >= 4 is 12.0 Å². The summed E-state index contributed by atoms with van der Waals surface area (Å²) in [6.07, 6.45) is 5.30.